The standard InChI is InChI=1S/C26H21BrN6O/c27-20-7-5-17(6-8-20)24-22(30-26(31-24)11-13-28-14-12-26)9-10-23-32-33-25(34-23)19-15-18-3-1-2-4-21(18)29-16-19/h1-10,15-16,28H,11-14H2/b10-9+. The van der Waals surface area contributed by atoms with Gasteiger partial charge in [-0.15, -0.1) is 10.2 Å². The highest BCUT2D eigenvalue weighted by Crippen LogP contribution is 2.32. The number of pyridine rings is 1. The summed E-state index contributed by atoms with van der Waals surface area (Å²) >= 11 is 3.51. The van der Waals surface area contributed by atoms with Crippen LogP contribution in [0.4, 0.5) is 0 Å². The van der Waals surface area contributed by atoms with Gasteiger partial charge in [0.05, 0.1) is 22.5 Å². The molecule has 4 heterocycles. The van der Waals surface area contributed by atoms with E-state index >= 15 is 0 Å². The molecule has 0 amide bonds. The molecule has 6 rings (SSSR count). The number of halogens is 1. The number of rotatable bonds is 4. The zero-order valence-electron chi connectivity index (χ0n) is 18.3. The molecule has 4 aromatic rings. The number of para-hydroxylation sites is 1. The molecular weight excluding hydrogens is 492 g/mol. The van der Waals surface area contributed by atoms with Gasteiger partial charge in [-0.05, 0) is 43.4 Å². The van der Waals surface area contributed by atoms with Crippen molar-refractivity contribution < 1.29 is 4.42 Å². The van der Waals surface area contributed by atoms with Crippen LogP contribution in [-0.2, 0) is 0 Å². The van der Waals surface area contributed by atoms with Gasteiger partial charge in [0.25, 0.3) is 0 Å². The Hall–Kier alpha value is -3.49. The Balaban J connectivity index is 1.30. The summed E-state index contributed by atoms with van der Waals surface area (Å²) in [5.41, 5.74) is 4.08. The maximum absolute atomic E-state index is 5.91. The van der Waals surface area contributed by atoms with E-state index in [9.17, 15) is 0 Å². The van der Waals surface area contributed by atoms with Crippen LogP contribution in [0, 0.1) is 0 Å². The fraction of sp³-hybridized carbons (Fsp3) is 0.192. The van der Waals surface area contributed by atoms with Gasteiger partial charge in [-0.3, -0.25) is 15.0 Å². The SMILES string of the molecule is Brc1ccc(C2=NC3(CCNCC3)N=C2/C=C/c2nnc(-c3cnc4ccccc4c3)o2)cc1. The lowest BCUT2D eigenvalue weighted by atomic mass is 10.0. The number of benzene rings is 2. The molecule has 2 aliphatic heterocycles. The van der Waals surface area contributed by atoms with Gasteiger partial charge in [-0.25, -0.2) is 0 Å². The number of aliphatic imine (C=N–C) groups is 2. The second-order valence-corrected chi connectivity index (χ2v) is 9.31. The van der Waals surface area contributed by atoms with Crippen LogP contribution in [0.5, 0.6) is 0 Å². The van der Waals surface area contributed by atoms with Gasteiger partial charge in [0.1, 0.15) is 0 Å². The van der Waals surface area contributed by atoms with Crippen molar-refractivity contribution in [1.29, 1.82) is 0 Å². The van der Waals surface area contributed by atoms with Crippen molar-refractivity contribution in [2.75, 3.05) is 13.1 Å². The van der Waals surface area contributed by atoms with Crippen molar-refractivity contribution in [3.63, 3.8) is 0 Å². The van der Waals surface area contributed by atoms with Crippen molar-refractivity contribution in [1.82, 2.24) is 20.5 Å². The molecule has 34 heavy (non-hydrogen) atoms. The third-order valence-corrected chi connectivity index (χ3v) is 6.60. The molecule has 0 radical (unpaired) electrons. The van der Waals surface area contributed by atoms with Gasteiger partial charge in [-0.1, -0.05) is 46.3 Å². The molecule has 1 spiro atoms. The van der Waals surface area contributed by atoms with Crippen LogP contribution in [0.2, 0.25) is 0 Å². The van der Waals surface area contributed by atoms with Gasteiger partial charge in [0.2, 0.25) is 11.8 Å². The topological polar surface area (TPSA) is 88.6 Å². The number of aromatic nitrogens is 3. The van der Waals surface area contributed by atoms with E-state index in [1.54, 1.807) is 12.3 Å². The lowest BCUT2D eigenvalue weighted by Gasteiger charge is -2.28. The number of nitrogens with one attached hydrogen (secondary N) is 1. The molecule has 1 saturated heterocycles. The maximum Gasteiger partial charge on any atom is 0.249 e. The fourth-order valence-corrected chi connectivity index (χ4v) is 4.58. The Morgan fingerprint density at radius 2 is 1.74 bits per heavy atom. The van der Waals surface area contributed by atoms with Crippen LogP contribution in [0.25, 0.3) is 28.4 Å². The molecule has 1 N–H and O–H groups in total. The molecule has 1 fully saturated rings. The quantitative estimate of drug-likeness (QED) is 0.411. The minimum absolute atomic E-state index is 0.399. The zero-order chi connectivity index (χ0) is 23.0. The summed E-state index contributed by atoms with van der Waals surface area (Å²) in [4.78, 5) is 14.6. The molecule has 8 heteroatoms. The smallest absolute Gasteiger partial charge is 0.249 e. The highest BCUT2D eigenvalue weighted by atomic mass is 79.9. The third-order valence-electron chi connectivity index (χ3n) is 6.07. The molecular formula is C26H21BrN6O. The first-order chi connectivity index (χ1) is 16.7. The molecule has 0 unspecified atom stereocenters. The van der Waals surface area contributed by atoms with Crippen LogP contribution >= 0.6 is 15.9 Å². The van der Waals surface area contributed by atoms with Crippen LogP contribution < -0.4 is 5.32 Å². The summed E-state index contributed by atoms with van der Waals surface area (Å²) in [5.74, 6) is 0.843. The lowest BCUT2D eigenvalue weighted by Crippen LogP contribution is -2.38. The maximum atomic E-state index is 5.91. The summed E-state index contributed by atoms with van der Waals surface area (Å²) in [6, 6.07) is 18.1. The zero-order valence-corrected chi connectivity index (χ0v) is 19.9. The van der Waals surface area contributed by atoms with Crippen LogP contribution in [0.1, 0.15) is 24.3 Å². The second kappa shape index (κ2) is 8.70. The predicted molar refractivity (Wildman–Crippen MR) is 137 cm³/mol. The van der Waals surface area contributed by atoms with Gasteiger partial charge < -0.3 is 9.73 Å². The van der Waals surface area contributed by atoms with E-state index in [0.717, 1.165) is 63.9 Å². The third kappa shape index (κ3) is 4.10. The summed E-state index contributed by atoms with van der Waals surface area (Å²) in [7, 11) is 0. The Morgan fingerprint density at radius 1 is 0.912 bits per heavy atom. The number of fused-ring (bicyclic) bond motifs is 1. The summed E-state index contributed by atoms with van der Waals surface area (Å²) in [5, 5.41) is 12.8. The lowest BCUT2D eigenvalue weighted by molar-refractivity contribution is 0.331. The number of piperidine rings is 1. The van der Waals surface area contributed by atoms with Gasteiger partial charge >= 0.3 is 0 Å². The van der Waals surface area contributed by atoms with Crippen LogP contribution in [-0.4, -0.2) is 45.4 Å². The van der Waals surface area contributed by atoms with Crippen molar-refractivity contribution >= 4 is 44.3 Å². The summed E-state index contributed by atoms with van der Waals surface area (Å²) < 4.78 is 6.94. The van der Waals surface area contributed by atoms with Crippen molar-refractivity contribution in [3.05, 3.63) is 82.8 Å². The van der Waals surface area contributed by atoms with Crippen LogP contribution in [0.3, 0.4) is 0 Å². The van der Waals surface area contributed by atoms with E-state index in [-0.39, 0.29) is 0 Å². The molecule has 168 valence electrons. The van der Waals surface area contributed by atoms with Crippen LogP contribution in [0.15, 0.2) is 85.7 Å². The predicted octanol–water partition coefficient (Wildman–Crippen LogP) is 5.08. The Kier molecular flexibility index (Phi) is 5.39. The summed E-state index contributed by atoms with van der Waals surface area (Å²) in [6.45, 7) is 1.81. The molecule has 0 atom stereocenters. The molecule has 2 aliphatic rings. The molecule has 0 aliphatic carbocycles. The molecule has 7 nitrogen and oxygen atoms in total. The Labute approximate surface area is 204 Å². The Bertz CT molecular complexity index is 1450. The molecule has 0 saturated carbocycles. The number of hydrogen-bond donors (Lipinski definition) is 1. The highest BCUT2D eigenvalue weighted by molar-refractivity contribution is 9.10. The van der Waals surface area contributed by atoms with E-state index in [2.05, 4.69) is 48.6 Å². The first-order valence-corrected chi connectivity index (χ1v) is 12.0. The minimum Gasteiger partial charge on any atom is -0.417 e. The van der Waals surface area contributed by atoms with Crippen molar-refractivity contribution in [2.24, 2.45) is 9.98 Å². The number of nitrogens with zero attached hydrogens (tertiary/aromatic N) is 5. The van der Waals surface area contributed by atoms with Gasteiger partial charge in [0.15, 0.2) is 5.66 Å². The van der Waals surface area contributed by atoms with Crippen molar-refractivity contribution in [2.45, 2.75) is 18.5 Å². The first-order valence-electron chi connectivity index (χ1n) is 11.2. The van der Waals surface area contributed by atoms with Gasteiger partial charge in [0, 0.05) is 40.5 Å². The summed E-state index contributed by atoms with van der Waals surface area (Å²) in [6.07, 6.45) is 7.24. The minimum atomic E-state index is -0.399. The van der Waals surface area contributed by atoms with Crippen molar-refractivity contribution in [3.8, 4) is 11.5 Å². The van der Waals surface area contributed by atoms with E-state index in [1.807, 2.05) is 48.5 Å². The number of hydrogen-bond acceptors (Lipinski definition) is 7. The van der Waals surface area contributed by atoms with E-state index in [0.29, 0.717) is 11.8 Å². The molecule has 2 aromatic heterocycles. The van der Waals surface area contributed by atoms with Gasteiger partial charge in [-0.2, -0.15) is 0 Å². The van der Waals surface area contributed by atoms with E-state index in [1.165, 1.54) is 0 Å². The fourth-order valence-electron chi connectivity index (χ4n) is 4.31. The average Bonchev–Trinajstić information content (AvgIpc) is 3.48. The van der Waals surface area contributed by atoms with E-state index < -0.39 is 5.66 Å². The Morgan fingerprint density at radius 3 is 2.59 bits per heavy atom. The second-order valence-electron chi connectivity index (χ2n) is 8.39. The number of allylic oxidation sites excluding steroid dienone is 1. The normalized spacial score (nSPS) is 17.4. The van der Waals surface area contributed by atoms with E-state index in [4.69, 9.17) is 14.4 Å². The first kappa shape index (κ1) is 21.1. The average molecular weight is 513 g/mol. The highest BCUT2D eigenvalue weighted by Gasteiger charge is 2.36. The molecule has 0 bridgehead atoms. The largest absolute Gasteiger partial charge is 0.417 e. The molecule has 2 aromatic carbocycles. The monoisotopic (exact) mass is 512 g/mol.